The Morgan fingerprint density at radius 2 is 1.88 bits per heavy atom. The summed E-state index contributed by atoms with van der Waals surface area (Å²) >= 11 is 0. The van der Waals surface area contributed by atoms with Crippen molar-refractivity contribution in [3.05, 3.63) is 112 Å². The van der Waals surface area contributed by atoms with E-state index in [1.807, 2.05) is 25.1 Å². The minimum atomic E-state index is -4.61. The van der Waals surface area contributed by atoms with Gasteiger partial charge in [-0.15, -0.1) is 0 Å². The highest BCUT2D eigenvalue weighted by Gasteiger charge is 2.32. The van der Waals surface area contributed by atoms with E-state index < -0.39 is 23.5 Å². The molecule has 1 aliphatic rings. The number of anilines is 1. The second kappa shape index (κ2) is 10.4. The zero-order chi connectivity index (χ0) is 28.6. The molecule has 1 aliphatic carbocycles. The lowest BCUT2D eigenvalue weighted by Gasteiger charge is -2.14. The van der Waals surface area contributed by atoms with Crippen LogP contribution in [-0.2, 0) is 30.4 Å². The minimum Gasteiger partial charge on any atom is -0.478 e. The number of aryl methyl sites for hydroxylation is 2. The Labute approximate surface area is 228 Å². The third-order valence-electron chi connectivity index (χ3n) is 6.80. The predicted octanol–water partition coefficient (Wildman–Crippen LogP) is 5.96. The van der Waals surface area contributed by atoms with Crippen molar-refractivity contribution in [1.29, 1.82) is 0 Å². The van der Waals surface area contributed by atoms with Crippen LogP contribution in [0, 0.1) is 13.8 Å². The third kappa shape index (κ3) is 5.80. The Balaban J connectivity index is 1.34. The topological polar surface area (TPSA) is 97.1 Å². The highest BCUT2D eigenvalue weighted by Crippen LogP contribution is 2.32. The predicted molar refractivity (Wildman–Crippen MR) is 143 cm³/mol. The lowest BCUT2D eigenvalue weighted by Crippen LogP contribution is -2.11. The number of benzene rings is 2. The molecule has 5 rings (SSSR count). The first-order valence-corrected chi connectivity index (χ1v) is 12.5. The second-order valence-corrected chi connectivity index (χ2v) is 9.81. The fraction of sp³-hybridized carbons (Fsp3) is 0.200. The smallest absolute Gasteiger partial charge is 0.416 e. The van der Waals surface area contributed by atoms with E-state index in [0.29, 0.717) is 34.8 Å². The van der Waals surface area contributed by atoms with Crippen LogP contribution in [0.5, 0.6) is 0 Å². The molecule has 0 spiro atoms. The van der Waals surface area contributed by atoms with Gasteiger partial charge in [0, 0.05) is 42.4 Å². The number of nitrogens with zero attached hydrogens (tertiary/aromatic N) is 3. The monoisotopic (exact) mass is 546 g/mol. The number of carbonyl (C=O) groups is 2. The standard InChI is InChI=1S/C30H25F3N4O3/c1-17-3-4-19(5-23(17)13-34-25-9-20-7-22(29(39)40)11-27(20)35-14-25)6-28(38)21-8-24(30(31,32)33)12-26(10-21)37-15-18(2)36-16-37/h3-5,7-10,12,14-16,34H,6,11,13H2,1-2H3,(H,39,40). The number of carboxylic acids is 1. The van der Waals surface area contributed by atoms with E-state index in [0.717, 1.165) is 28.8 Å². The molecule has 10 heteroatoms. The summed E-state index contributed by atoms with van der Waals surface area (Å²) in [5, 5.41) is 12.5. The quantitative estimate of drug-likeness (QED) is 0.265. The summed E-state index contributed by atoms with van der Waals surface area (Å²) < 4.78 is 42.4. The molecule has 204 valence electrons. The fourth-order valence-electron chi connectivity index (χ4n) is 4.59. The van der Waals surface area contributed by atoms with Gasteiger partial charge in [0.05, 0.1) is 35.2 Å². The number of fused-ring (bicyclic) bond motifs is 1. The van der Waals surface area contributed by atoms with Crippen molar-refractivity contribution in [3.63, 3.8) is 0 Å². The molecule has 40 heavy (non-hydrogen) atoms. The maximum atomic E-state index is 13.6. The summed E-state index contributed by atoms with van der Waals surface area (Å²) in [4.78, 5) is 32.9. The lowest BCUT2D eigenvalue weighted by molar-refractivity contribution is -0.137. The molecule has 0 radical (unpaired) electrons. The molecule has 7 nitrogen and oxygen atoms in total. The number of halogens is 3. The molecule has 2 heterocycles. The van der Waals surface area contributed by atoms with Gasteiger partial charge in [-0.3, -0.25) is 9.78 Å². The Bertz CT molecular complexity index is 1670. The minimum absolute atomic E-state index is 0.0329. The van der Waals surface area contributed by atoms with Crippen molar-refractivity contribution in [2.24, 2.45) is 0 Å². The van der Waals surface area contributed by atoms with Crippen molar-refractivity contribution in [2.45, 2.75) is 39.4 Å². The van der Waals surface area contributed by atoms with Crippen molar-refractivity contribution in [3.8, 4) is 5.69 Å². The Morgan fingerprint density at radius 3 is 2.58 bits per heavy atom. The number of alkyl halides is 3. The van der Waals surface area contributed by atoms with E-state index in [4.69, 9.17) is 0 Å². The van der Waals surface area contributed by atoms with Crippen LogP contribution in [-0.4, -0.2) is 31.4 Å². The number of carbonyl (C=O) groups excluding carboxylic acids is 1. The molecule has 0 bridgehead atoms. The van der Waals surface area contributed by atoms with Gasteiger partial charge in [-0.1, -0.05) is 18.2 Å². The van der Waals surface area contributed by atoms with Crippen LogP contribution in [0.25, 0.3) is 11.8 Å². The molecular weight excluding hydrogens is 521 g/mol. The number of ketones is 1. The molecule has 0 amide bonds. The number of aliphatic carboxylic acids is 1. The summed E-state index contributed by atoms with van der Waals surface area (Å²) in [6, 6.07) is 10.7. The van der Waals surface area contributed by atoms with E-state index in [1.165, 1.54) is 17.0 Å². The highest BCUT2D eigenvalue weighted by molar-refractivity contribution is 5.98. The summed E-state index contributed by atoms with van der Waals surface area (Å²) in [6.45, 7) is 4.07. The molecule has 2 N–H and O–H groups in total. The largest absolute Gasteiger partial charge is 0.478 e. The van der Waals surface area contributed by atoms with Gasteiger partial charge in [0.15, 0.2) is 5.78 Å². The number of Topliss-reactive ketones (excluding diaryl/α,β-unsaturated/α-hetero) is 1. The molecular formula is C30H25F3N4O3. The average Bonchev–Trinajstić information content (AvgIpc) is 3.54. The Hall–Kier alpha value is -4.73. The zero-order valence-electron chi connectivity index (χ0n) is 21.7. The number of nitrogens with one attached hydrogen (secondary N) is 1. The molecule has 0 unspecified atom stereocenters. The van der Waals surface area contributed by atoms with Gasteiger partial charge >= 0.3 is 12.1 Å². The number of imidazole rings is 1. The van der Waals surface area contributed by atoms with Gasteiger partial charge in [-0.2, -0.15) is 13.2 Å². The first-order chi connectivity index (χ1) is 19.0. The molecule has 2 aromatic carbocycles. The second-order valence-electron chi connectivity index (χ2n) is 9.81. The van der Waals surface area contributed by atoms with Gasteiger partial charge < -0.3 is 15.0 Å². The average molecular weight is 547 g/mol. The fourth-order valence-corrected chi connectivity index (χ4v) is 4.59. The Kier molecular flexibility index (Phi) is 7.01. The van der Waals surface area contributed by atoms with Crippen LogP contribution in [0.2, 0.25) is 0 Å². The molecule has 0 saturated heterocycles. The van der Waals surface area contributed by atoms with Crippen LogP contribution >= 0.6 is 0 Å². The third-order valence-corrected chi connectivity index (χ3v) is 6.80. The maximum absolute atomic E-state index is 13.6. The van der Waals surface area contributed by atoms with Crippen molar-refractivity contribution >= 4 is 23.5 Å². The number of hydrogen-bond donors (Lipinski definition) is 2. The van der Waals surface area contributed by atoms with Crippen molar-refractivity contribution < 1.29 is 27.9 Å². The normalized spacial score (nSPS) is 12.7. The van der Waals surface area contributed by atoms with E-state index in [1.54, 1.807) is 31.5 Å². The van der Waals surface area contributed by atoms with Crippen LogP contribution < -0.4 is 5.32 Å². The molecule has 0 saturated carbocycles. The number of aromatic nitrogens is 3. The van der Waals surface area contributed by atoms with Crippen LogP contribution in [0.15, 0.2) is 66.8 Å². The molecule has 0 atom stereocenters. The van der Waals surface area contributed by atoms with Gasteiger partial charge in [0.1, 0.15) is 0 Å². The van der Waals surface area contributed by atoms with Gasteiger partial charge in [-0.05, 0) is 66.4 Å². The first-order valence-electron chi connectivity index (χ1n) is 12.5. The number of carboxylic acid groups (broad SMARTS) is 1. The van der Waals surface area contributed by atoms with Gasteiger partial charge in [0.2, 0.25) is 0 Å². The van der Waals surface area contributed by atoms with Crippen molar-refractivity contribution in [2.75, 3.05) is 5.32 Å². The van der Waals surface area contributed by atoms with Crippen molar-refractivity contribution in [1.82, 2.24) is 14.5 Å². The first kappa shape index (κ1) is 26.9. The summed E-state index contributed by atoms with van der Waals surface area (Å²) in [5.41, 5.74) is 4.94. The molecule has 0 fully saturated rings. The van der Waals surface area contributed by atoms with E-state index >= 15 is 0 Å². The number of pyridine rings is 1. The van der Waals surface area contributed by atoms with Crippen LogP contribution in [0.3, 0.4) is 0 Å². The molecule has 0 aliphatic heterocycles. The number of rotatable bonds is 8. The lowest BCUT2D eigenvalue weighted by atomic mass is 9.97. The number of hydrogen-bond acceptors (Lipinski definition) is 5. The molecule has 2 aromatic heterocycles. The van der Waals surface area contributed by atoms with Crippen LogP contribution in [0.1, 0.15) is 49.6 Å². The zero-order valence-corrected chi connectivity index (χ0v) is 21.7. The SMILES string of the molecule is Cc1cn(-c2cc(C(=O)Cc3ccc(C)c(CNc4cnc5c(c4)C=C(C(=O)O)C5)c3)cc(C(F)(F)F)c2)cn1. The summed E-state index contributed by atoms with van der Waals surface area (Å²) in [7, 11) is 0. The van der Waals surface area contributed by atoms with E-state index in [-0.39, 0.29) is 24.1 Å². The van der Waals surface area contributed by atoms with E-state index in [2.05, 4.69) is 15.3 Å². The van der Waals surface area contributed by atoms with E-state index in [9.17, 15) is 27.9 Å². The van der Waals surface area contributed by atoms with Crippen LogP contribution in [0.4, 0.5) is 18.9 Å². The Morgan fingerprint density at radius 1 is 1.07 bits per heavy atom. The summed E-state index contributed by atoms with van der Waals surface area (Å²) in [5.74, 6) is -1.40. The maximum Gasteiger partial charge on any atom is 0.416 e. The highest BCUT2D eigenvalue weighted by atomic mass is 19.4. The van der Waals surface area contributed by atoms with Gasteiger partial charge in [-0.25, -0.2) is 9.78 Å². The molecule has 4 aromatic rings. The van der Waals surface area contributed by atoms with Gasteiger partial charge in [0.25, 0.3) is 0 Å². The summed E-state index contributed by atoms with van der Waals surface area (Å²) in [6.07, 6.45) is 1.88.